The molecule has 0 bridgehead atoms. The summed E-state index contributed by atoms with van der Waals surface area (Å²) in [4.78, 5) is 10.5. The summed E-state index contributed by atoms with van der Waals surface area (Å²) in [5, 5.41) is 12.8. The van der Waals surface area contributed by atoms with Crippen LogP contribution in [0.15, 0.2) is 35.4 Å². The van der Waals surface area contributed by atoms with E-state index in [4.69, 9.17) is 5.41 Å². The van der Waals surface area contributed by atoms with Gasteiger partial charge in [0, 0.05) is 17.6 Å². The zero-order valence-electron chi connectivity index (χ0n) is 7.35. The third kappa shape index (κ3) is 2.05. The quantitative estimate of drug-likeness (QED) is 0.330. The van der Waals surface area contributed by atoms with E-state index in [0.717, 1.165) is 11.9 Å². The standard InChI is InChI=1S/C9H11N3O/c1-6-3-7(2)12-9(11-6)8(4-10)5-13/h3-5,10-12H,1H2,2H3/b9-8+,10-4?. The SMILES string of the molecule is C=C1C=C(C)N/C(=C(\C=N)C=O)N1. The number of hydrogen-bond acceptors (Lipinski definition) is 4. The molecule has 0 atom stereocenters. The van der Waals surface area contributed by atoms with Crippen LogP contribution in [0.4, 0.5) is 0 Å². The van der Waals surface area contributed by atoms with Crippen molar-refractivity contribution in [1.82, 2.24) is 10.6 Å². The van der Waals surface area contributed by atoms with Crippen molar-refractivity contribution in [2.45, 2.75) is 6.92 Å². The second-order valence-corrected chi connectivity index (χ2v) is 2.70. The van der Waals surface area contributed by atoms with Gasteiger partial charge >= 0.3 is 0 Å². The van der Waals surface area contributed by atoms with Crippen molar-refractivity contribution in [1.29, 1.82) is 5.41 Å². The Morgan fingerprint density at radius 3 is 2.77 bits per heavy atom. The van der Waals surface area contributed by atoms with Gasteiger partial charge in [0.1, 0.15) is 5.82 Å². The number of carbonyl (C=O) groups excluding carboxylic acids is 1. The van der Waals surface area contributed by atoms with Crippen molar-refractivity contribution in [3.63, 3.8) is 0 Å². The van der Waals surface area contributed by atoms with Gasteiger partial charge in [-0.05, 0) is 13.0 Å². The van der Waals surface area contributed by atoms with E-state index in [1.165, 1.54) is 0 Å². The molecule has 0 amide bonds. The molecular formula is C9H11N3O. The summed E-state index contributed by atoms with van der Waals surface area (Å²) in [7, 11) is 0. The van der Waals surface area contributed by atoms with Gasteiger partial charge < -0.3 is 16.0 Å². The van der Waals surface area contributed by atoms with Gasteiger partial charge in [-0.25, -0.2) is 0 Å². The molecule has 0 unspecified atom stereocenters. The molecule has 0 aromatic carbocycles. The van der Waals surface area contributed by atoms with Gasteiger partial charge in [-0.2, -0.15) is 0 Å². The van der Waals surface area contributed by atoms with Crippen LogP contribution in [0.5, 0.6) is 0 Å². The van der Waals surface area contributed by atoms with Gasteiger partial charge in [0.25, 0.3) is 0 Å². The highest BCUT2D eigenvalue weighted by Crippen LogP contribution is 2.07. The smallest absolute Gasteiger partial charge is 0.155 e. The molecule has 1 heterocycles. The first-order valence-corrected chi connectivity index (χ1v) is 3.78. The lowest BCUT2D eigenvalue weighted by Gasteiger charge is -2.20. The topological polar surface area (TPSA) is 65.0 Å². The lowest BCUT2D eigenvalue weighted by Crippen LogP contribution is -2.30. The zero-order chi connectivity index (χ0) is 9.84. The van der Waals surface area contributed by atoms with Crippen LogP contribution in [0.25, 0.3) is 0 Å². The van der Waals surface area contributed by atoms with E-state index in [1.807, 2.05) is 13.0 Å². The molecule has 0 aromatic rings. The number of hydrogen-bond donors (Lipinski definition) is 3. The molecule has 0 fully saturated rings. The van der Waals surface area contributed by atoms with Gasteiger partial charge in [0.15, 0.2) is 6.29 Å². The van der Waals surface area contributed by atoms with E-state index >= 15 is 0 Å². The number of carbonyl (C=O) groups is 1. The van der Waals surface area contributed by atoms with E-state index in [0.29, 0.717) is 17.8 Å². The minimum Gasteiger partial charge on any atom is -0.345 e. The Bertz CT molecular complexity index is 316. The maximum Gasteiger partial charge on any atom is 0.155 e. The number of nitrogens with one attached hydrogen (secondary N) is 3. The van der Waals surface area contributed by atoms with Gasteiger partial charge in [-0.3, -0.25) is 4.79 Å². The summed E-state index contributed by atoms with van der Waals surface area (Å²) in [5.41, 5.74) is 1.86. The van der Waals surface area contributed by atoms with Gasteiger partial charge in [0.05, 0.1) is 5.57 Å². The van der Waals surface area contributed by atoms with Crippen LogP contribution in [0.3, 0.4) is 0 Å². The van der Waals surface area contributed by atoms with Crippen molar-refractivity contribution in [2.24, 2.45) is 0 Å². The van der Waals surface area contributed by atoms with Crippen LogP contribution in [-0.2, 0) is 4.79 Å². The monoisotopic (exact) mass is 177 g/mol. The minimum atomic E-state index is 0.272. The highest BCUT2D eigenvalue weighted by molar-refractivity contribution is 6.01. The molecule has 1 aliphatic rings. The van der Waals surface area contributed by atoms with Gasteiger partial charge in [0.2, 0.25) is 0 Å². The molecule has 1 aliphatic heterocycles. The molecule has 0 spiro atoms. The Labute approximate surface area is 76.5 Å². The summed E-state index contributed by atoms with van der Waals surface area (Å²) >= 11 is 0. The third-order valence-electron chi connectivity index (χ3n) is 1.57. The number of rotatable bonds is 2. The van der Waals surface area contributed by atoms with Crippen LogP contribution in [0, 0.1) is 5.41 Å². The second-order valence-electron chi connectivity index (χ2n) is 2.70. The molecule has 0 aromatic heterocycles. The molecular weight excluding hydrogens is 166 g/mol. The summed E-state index contributed by atoms with van der Waals surface area (Å²) in [6.07, 6.45) is 3.43. The van der Waals surface area contributed by atoms with E-state index in [-0.39, 0.29) is 5.57 Å². The van der Waals surface area contributed by atoms with Gasteiger partial charge in [-0.15, -0.1) is 0 Å². The van der Waals surface area contributed by atoms with Crippen molar-refractivity contribution in [3.8, 4) is 0 Å². The summed E-state index contributed by atoms with van der Waals surface area (Å²) in [5.74, 6) is 0.509. The minimum absolute atomic E-state index is 0.272. The summed E-state index contributed by atoms with van der Waals surface area (Å²) in [6.45, 7) is 5.57. The number of allylic oxidation sites excluding steroid dienone is 3. The molecule has 0 saturated carbocycles. The maximum absolute atomic E-state index is 10.5. The zero-order valence-corrected chi connectivity index (χ0v) is 7.35. The predicted octanol–water partition coefficient (Wildman–Crippen LogP) is 0.657. The fourth-order valence-corrected chi connectivity index (χ4v) is 1.03. The highest BCUT2D eigenvalue weighted by Gasteiger charge is 2.09. The predicted molar refractivity (Wildman–Crippen MR) is 51.0 cm³/mol. The molecule has 1 rings (SSSR count). The Kier molecular flexibility index (Phi) is 2.64. The van der Waals surface area contributed by atoms with Crippen LogP contribution in [-0.4, -0.2) is 12.5 Å². The lowest BCUT2D eigenvalue weighted by atomic mass is 10.2. The lowest BCUT2D eigenvalue weighted by molar-refractivity contribution is -0.104. The average molecular weight is 177 g/mol. The maximum atomic E-state index is 10.5. The largest absolute Gasteiger partial charge is 0.345 e. The van der Waals surface area contributed by atoms with E-state index in [2.05, 4.69) is 17.2 Å². The first-order valence-electron chi connectivity index (χ1n) is 3.78. The van der Waals surface area contributed by atoms with Crippen LogP contribution < -0.4 is 10.6 Å². The van der Waals surface area contributed by atoms with Crippen LogP contribution in [0.2, 0.25) is 0 Å². The molecule has 4 heteroatoms. The van der Waals surface area contributed by atoms with Gasteiger partial charge in [-0.1, -0.05) is 6.58 Å². The molecule has 0 aliphatic carbocycles. The third-order valence-corrected chi connectivity index (χ3v) is 1.57. The fraction of sp³-hybridized carbons (Fsp3) is 0.111. The van der Waals surface area contributed by atoms with Crippen molar-refractivity contribution >= 4 is 12.5 Å². The number of aldehydes is 1. The molecule has 0 radical (unpaired) electrons. The Morgan fingerprint density at radius 1 is 1.62 bits per heavy atom. The van der Waals surface area contributed by atoms with E-state index < -0.39 is 0 Å². The highest BCUT2D eigenvalue weighted by atomic mass is 16.1. The Balaban J connectivity index is 3.03. The average Bonchev–Trinajstić information content (AvgIpc) is 2.04. The summed E-state index contributed by atoms with van der Waals surface area (Å²) in [6, 6.07) is 0. The summed E-state index contributed by atoms with van der Waals surface area (Å²) < 4.78 is 0. The first kappa shape index (κ1) is 9.25. The van der Waals surface area contributed by atoms with E-state index in [9.17, 15) is 4.79 Å². The Morgan fingerprint density at radius 2 is 2.31 bits per heavy atom. The van der Waals surface area contributed by atoms with Crippen molar-refractivity contribution in [2.75, 3.05) is 0 Å². The molecule has 3 N–H and O–H groups in total. The first-order chi connectivity index (χ1) is 6.17. The normalized spacial score (nSPS) is 19.5. The van der Waals surface area contributed by atoms with Crippen LogP contribution >= 0.6 is 0 Å². The fourth-order valence-electron chi connectivity index (χ4n) is 1.03. The molecule has 4 nitrogen and oxygen atoms in total. The Hall–Kier alpha value is -1.84. The van der Waals surface area contributed by atoms with Crippen molar-refractivity contribution < 1.29 is 4.79 Å². The van der Waals surface area contributed by atoms with Crippen molar-refractivity contribution in [3.05, 3.63) is 35.4 Å². The molecule has 0 saturated heterocycles. The molecule has 68 valence electrons. The van der Waals surface area contributed by atoms with E-state index in [1.54, 1.807) is 0 Å². The van der Waals surface area contributed by atoms with Crippen LogP contribution in [0.1, 0.15) is 6.92 Å². The second kappa shape index (κ2) is 3.71. The molecule has 13 heavy (non-hydrogen) atoms.